The van der Waals surface area contributed by atoms with E-state index < -0.39 is 0 Å². The molecular weight excluding hydrogens is 256 g/mol. The third-order valence-corrected chi connectivity index (χ3v) is 3.26. The fraction of sp³-hybridized carbons (Fsp3) is 0.500. The minimum atomic E-state index is -0.212. The molecule has 0 aliphatic heterocycles. The van der Waals surface area contributed by atoms with Gasteiger partial charge in [0.15, 0.2) is 12.1 Å². The molecule has 0 saturated heterocycles. The first kappa shape index (κ1) is 14.3. The van der Waals surface area contributed by atoms with Crippen molar-refractivity contribution in [2.75, 3.05) is 0 Å². The van der Waals surface area contributed by atoms with Gasteiger partial charge in [-0.2, -0.15) is 0 Å². The number of aromatic nitrogens is 3. The molecule has 6 heteroatoms. The topological polar surface area (TPSA) is 73.0 Å². The van der Waals surface area contributed by atoms with E-state index in [1.165, 1.54) is 6.39 Å². The van der Waals surface area contributed by atoms with Gasteiger partial charge in [-0.15, -0.1) is 0 Å². The van der Waals surface area contributed by atoms with Gasteiger partial charge in [-0.1, -0.05) is 20.8 Å². The van der Waals surface area contributed by atoms with E-state index in [0.29, 0.717) is 18.0 Å². The third kappa shape index (κ3) is 3.26. The summed E-state index contributed by atoms with van der Waals surface area (Å²) in [6.45, 7) is 8.65. The Morgan fingerprint density at radius 2 is 2.25 bits per heavy atom. The summed E-state index contributed by atoms with van der Waals surface area (Å²) in [5.41, 5.74) is 0.252. The van der Waals surface area contributed by atoms with E-state index in [1.807, 2.05) is 10.8 Å². The molecule has 0 fully saturated rings. The van der Waals surface area contributed by atoms with Crippen LogP contribution in [0.5, 0.6) is 0 Å². The van der Waals surface area contributed by atoms with Gasteiger partial charge in [-0.3, -0.25) is 4.79 Å². The van der Waals surface area contributed by atoms with Crippen LogP contribution in [-0.4, -0.2) is 26.5 Å². The molecule has 2 aromatic rings. The Bertz CT molecular complexity index is 566. The Morgan fingerprint density at radius 3 is 2.75 bits per heavy atom. The van der Waals surface area contributed by atoms with Crippen LogP contribution in [0.25, 0.3) is 0 Å². The summed E-state index contributed by atoms with van der Waals surface area (Å²) in [5.74, 6) is 0.314. The van der Waals surface area contributed by atoms with Crippen LogP contribution in [-0.2, 0) is 6.54 Å². The number of rotatable bonds is 4. The molecular formula is C14H20N4O2. The number of imidazole rings is 1. The van der Waals surface area contributed by atoms with E-state index in [2.05, 4.69) is 36.1 Å². The van der Waals surface area contributed by atoms with E-state index in [-0.39, 0.29) is 17.4 Å². The molecule has 0 aromatic carbocycles. The van der Waals surface area contributed by atoms with Crippen LogP contribution in [0.15, 0.2) is 29.5 Å². The fourth-order valence-electron chi connectivity index (χ4n) is 1.89. The van der Waals surface area contributed by atoms with Crippen molar-refractivity contribution in [2.24, 2.45) is 5.41 Å². The number of hydrogen-bond acceptors (Lipinski definition) is 4. The standard InChI is InChI=1S/C14H20N4O2/c1-10-12(16-9-20-10)13(19)17-11(14(2,3)4)7-18-6-5-15-8-18/h5-6,8-9,11H,7H2,1-4H3,(H,17,19). The molecule has 1 atom stereocenters. The van der Waals surface area contributed by atoms with Crippen LogP contribution in [0.1, 0.15) is 37.0 Å². The number of nitrogens with one attached hydrogen (secondary N) is 1. The number of carbonyl (C=O) groups excluding carboxylic acids is 1. The van der Waals surface area contributed by atoms with Crippen LogP contribution in [0.4, 0.5) is 0 Å². The van der Waals surface area contributed by atoms with Gasteiger partial charge in [0.05, 0.1) is 12.4 Å². The molecule has 0 spiro atoms. The maximum Gasteiger partial charge on any atom is 0.273 e. The number of hydrogen-bond donors (Lipinski definition) is 1. The van der Waals surface area contributed by atoms with Gasteiger partial charge in [-0.05, 0) is 12.3 Å². The van der Waals surface area contributed by atoms with E-state index in [4.69, 9.17) is 4.42 Å². The summed E-state index contributed by atoms with van der Waals surface area (Å²) in [4.78, 5) is 20.2. The van der Waals surface area contributed by atoms with Crippen molar-refractivity contribution in [3.05, 3.63) is 36.6 Å². The van der Waals surface area contributed by atoms with Crippen molar-refractivity contribution >= 4 is 5.91 Å². The van der Waals surface area contributed by atoms with E-state index in [9.17, 15) is 4.79 Å². The molecule has 2 heterocycles. The highest BCUT2D eigenvalue weighted by Gasteiger charge is 2.28. The zero-order valence-electron chi connectivity index (χ0n) is 12.3. The Balaban J connectivity index is 2.12. The van der Waals surface area contributed by atoms with Crippen LogP contribution in [0.2, 0.25) is 0 Å². The average molecular weight is 276 g/mol. The van der Waals surface area contributed by atoms with Crippen LogP contribution in [0.3, 0.4) is 0 Å². The highest BCUT2D eigenvalue weighted by Crippen LogP contribution is 2.21. The van der Waals surface area contributed by atoms with Crippen molar-refractivity contribution in [3.8, 4) is 0 Å². The molecule has 0 saturated carbocycles. The van der Waals surface area contributed by atoms with Crippen molar-refractivity contribution in [1.82, 2.24) is 19.9 Å². The van der Waals surface area contributed by atoms with Crippen molar-refractivity contribution < 1.29 is 9.21 Å². The van der Waals surface area contributed by atoms with Crippen molar-refractivity contribution in [1.29, 1.82) is 0 Å². The summed E-state index contributed by atoms with van der Waals surface area (Å²) in [5, 5.41) is 3.03. The number of aryl methyl sites for hydroxylation is 1. The van der Waals surface area contributed by atoms with E-state index in [0.717, 1.165) is 0 Å². The first-order valence-corrected chi connectivity index (χ1v) is 6.54. The zero-order chi connectivity index (χ0) is 14.8. The summed E-state index contributed by atoms with van der Waals surface area (Å²) in [7, 11) is 0. The lowest BCUT2D eigenvalue weighted by molar-refractivity contribution is 0.0886. The van der Waals surface area contributed by atoms with Gasteiger partial charge in [-0.25, -0.2) is 9.97 Å². The molecule has 0 bridgehead atoms. The summed E-state index contributed by atoms with van der Waals surface area (Å²) in [6.07, 6.45) is 6.63. The monoisotopic (exact) mass is 276 g/mol. The molecule has 1 amide bonds. The normalized spacial score (nSPS) is 13.2. The van der Waals surface area contributed by atoms with Gasteiger partial charge in [0.25, 0.3) is 5.91 Å². The number of nitrogens with zero attached hydrogens (tertiary/aromatic N) is 3. The minimum absolute atomic E-state index is 0.0414. The first-order valence-electron chi connectivity index (χ1n) is 6.54. The van der Waals surface area contributed by atoms with Crippen LogP contribution >= 0.6 is 0 Å². The molecule has 0 aliphatic rings. The van der Waals surface area contributed by atoms with E-state index >= 15 is 0 Å². The lowest BCUT2D eigenvalue weighted by atomic mass is 9.86. The second kappa shape index (κ2) is 5.48. The van der Waals surface area contributed by atoms with Crippen molar-refractivity contribution in [2.45, 2.75) is 40.3 Å². The maximum atomic E-state index is 12.3. The number of amides is 1. The second-order valence-electron chi connectivity index (χ2n) is 5.91. The lowest BCUT2D eigenvalue weighted by Crippen LogP contribution is -2.46. The summed E-state index contributed by atoms with van der Waals surface area (Å²) in [6, 6.07) is -0.0414. The Morgan fingerprint density at radius 1 is 1.50 bits per heavy atom. The summed E-state index contributed by atoms with van der Waals surface area (Å²) < 4.78 is 7.02. The quantitative estimate of drug-likeness (QED) is 0.927. The van der Waals surface area contributed by atoms with Gasteiger partial charge in [0.1, 0.15) is 5.76 Å². The molecule has 0 radical (unpaired) electrons. The molecule has 1 unspecified atom stereocenters. The molecule has 20 heavy (non-hydrogen) atoms. The Kier molecular flexibility index (Phi) is 3.92. The van der Waals surface area contributed by atoms with Crippen LogP contribution in [0, 0.1) is 12.3 Å². The van der Waals surface area contributed by atoms with Gasteiger partial charge in [0, 0.05) is 18.9 Å². The van der Waals surface area contributed by atoms with E-state index in [1.54, 1.807) is 19.4 Å². The lowest BCUT2D eigenvalue weighted by Gasteiger charge is -2.31. The maximum absolute atomic E-state index is 12.3. The average Bonchev–Trinajstić information content (AvgIpc) is 2.98. The molecule has 2 rings (SSSR count). The first-order chi connectivity index (χ1) is 9.38. The number of carbonyl (C=O) groups is 1. The highest BCUT2D eigenvalue weighted by molar-refractivity contribution is 5.93. The van der Waals surface area contributed by atoms with Gasteiger partial charge < -0.3 is 14.3 Å². The minimum Gasteiger partial charge on any atom is -0.448 e. The van der Waals surface area contributed by atoms with Crippen molar-refractivity contribution in [3.63, 3.8) is 0 Å². The SMILES string of the molecule is Cc1ocnc1C(=O)NC(Cn1ccnc1)C(C)(C)C. The van der Waals surface area contributed by atoms with Gasteiger partial charge >= 0.3 is 0 Å². The zero-order valence-corrected chi connectivity index (χ0v) is 12.3. The second-order valence-corrected chi connectivity index (χ2v) is 5.91. The van der Waals surface area contributed by atoms with Gasteiger partial charge in [0.2, 0.25) is 0 Å². The molecule has 108 valence electrons. The molecule has 1 N–H and O–H groups in total. The summed E-state index contributed by atoms with van der Waals surface area (Å²) >= 11 is 0. The molecule has 2 aromatic heterocycles. The predicted molar refractivity (Wildman–Crippen MR) is 74.2 cm³/mol. The largest absolute Gasteiger partial charge is 0.448 e. The third-order valence-electron chi connectivity index (χ3n) is 3.26. The number of oxazole rings is 1. The highest BCUT2D eigenvalue weighted by atomic mass is 16.3. The smallest absolute Gasteiger partial charge is 0.273 e. The van der Waals surface area contributed by atoms with Crippen LogP contribution < -0.4 is 5.32 Å². The fourth-order valence-corrected chi connectivity index (χ4v) is 1.89. The Labute approximate surface area is 118 Å². The molecule has 6 nitrogen and oxygen atoms in total. The predicted octanol–water partition coefficient (Wildman–Crippen LogP) is 2.02. The molecule has 0 aliphatic carbocycles. The Hall–Kier alpha value is -2.11.